The number of halogens is 1. The second-order valence-corrected chi connectivity index (χ2v) is 7.74. The Kier molecular flexibility index (Phi) is 4.16. The fourth-order valence-electron chi connectivity index (χ4n) is 3.81. The van der Waals surface area contributed by atoms with Gasteiger partial charge in [-0.3, -0.25) is 9.69 Å². The maximum Gasteiger partial charge on any atom is 0.317 e. The zero-order valence-corrected chi connectivity index (χ0v) is 16.6. The molecule has 26 heavy (non-hydrogen) atoms. The molecule has 0 amide bonds. The maximum atomic E-state index is 12.7. The summed E-state index contributed by atoms with van der Waals surface area (Å²) in [5.74, 6) is -0.225. The lowest BCUT2D eigenvalue weighted by Crippen LogP contribution is -2.71. The van der Waals surface area contributed by atoms with E-state index in [9.17, 15) is 4.79 Å². The lowest BCUT2D eigenvalue weighted by atomic mass is 9.79. The molecule has 2 aliphatic heterocycles. The van der Waals surface area contributed by atoms with Crippen LogP contribution in [0.3, 0.4) is 0 Å². The highest BCUT2D eigenvalue weighted by atomic mass is 79.9. The summed E-state index contributed by atoms with van der Waals surface area (Å²) in [5.41, 5.74) is 0.713. The van der Waals surface area contributed by atoms with Crippen LogP contribution < -0.4 is 15.0 Å². The van der Waals surface area contributed by atoms with Gasteiger partial charge in [-0.1, -0.05) is 34.1 Å². The summed E-state index contributed by atoms with van der Waals surface area (Å²) in [6.45, 7) is 1.88. The van der Waals surface area contributed by atoms with Crippen molar-refractivity contribution in [1.29, 1.82) is 0 Å². The first kappa shape index (κ1) is 17.3. The Morgan fingerprint density at radius 1 is 1.31 bits per heavy atom. The molecule has 0 radical (unpaired) electrons. The number of carbonyl (C=O) groups excluding carboxylic acids is 1. The van der Waals surface area contributed by atoms with Crippen LogP contribution >= 0.6 is 28.1 Å². The summed E-state index contributed by atoms with van der Waals surface area (Å²) < 4.78 is 12.4. The van der Waals surface area contributed by atoms with Crippen LogP contribution in [0, 0.1) is 5.92 Å². The molecule has 134 valence electrons. The Morgan fingerprint density at radius 2 is 2.04 bits per heavy atom. The van der Waals surface area contributed by atoms with E-state index < -0.39 is 11.6 Å². The van der Waals surface area contributed by atoms with Crippen LogP contribution in [0.4, 0.5) is 5.69 Å². The molecule has 0 aliphatic carbocycles. The van der Waals surface area contributed by atoms with Gasteiger partial charge >= 0.3 is 5.97 Å². The van der Waals surface area contributed by atoms with Gasteiger partial charge in [-0.2, -0.15) is 0 Å². The number of nitrogens with one attached hydrogen (secondary N) is 1. The van der Waals surface area contributed by atoms with Gasteiger partial charge in [-0.05, 0) is 49.5 Å². The quantitative estimate of drug-likeness (QED) is 0.575. The molecule has 1 fully saturated rings. The third kappa shape index (κ3) is 2.49. The van der Waals surface area contributed by atoms with E-state index in [0.717, 1.165) is 21.5 Å². The Bertz CT molecular complexity index is 892. The predicted molar refractivity (Wildman–Crippen MR) is 106 cm³/mol. The van der Waals surface area contributed by atoms with Crippen molar-refractivity contribution in [2.45, 2.75) is 18.7 Å². The second-order valence-electron chi connectivity index (χ2n) is 6.44. The van der Waals surface area contributed by atoms with Crippen molar-refractivity contribution in [2.24, 2.45) is 5.92 Å². The van der Waals surface area contributed by atoms with Crippen molar-refractivity contribution in [2.75, 3.05) is 12.0 Å². The number of hydrogen-bond acceptors (Lipinski definition) is 4. The standard InChI is InChI=1S/C19H17BrN2O3S/c1-19-15(17(23)24-2)16(13-10-11(20)8-9-14(13)25-19)21-18(26)22(19)12-6-4-3-5-7-12/h3-10,15-16H,1-2H3,(H,21,26). The van der Waals surface area contributed by atoms with E-state index in [1.54, 1.807) is 0 Å². The van der Waals surface area contributed by atoms with Crippen molar-refractivity contribution in [3.8, 4) is 5.75 Å². The van der Waals surface area contributed by atoms with E-state index >= 15 is 0 Å². The Morgan fingerprint density at radius 3 is 2.73 bits per heavy atom. The predicted octanol–water partition coefficient (Wildman–Crippen LogP) is 3.78. The normalized spacial score (nSPS) is 26.4. The lowest BCUT2D eigenvalue weighted by molar-refractivity contribution is -0.157. The molecule has 3 atom stereocenters. The van der Waals surface area contributed by atoms with Crippen LogP contribution in [0.25, 0.3) is 0 Å². The van der Waals surface area contributed by atoms with Gasteiger partial charge in [0.25, 0.3) is 0 Å². The summed E-state index contributed by atoms with van der Waals surface area (Å²) in [6, 6.07) is 15.1. The molecule has 0 spiro atoms. The minimum absolute atomic E-state index is 0.332. The van der Waals surface area contributed by atoms with E-state index in [4.69, 9.17) is 21.7 Å². The molecule has 1 saturated heterocycles. The monoisotopic (exact) mass is 432 g/mol. The molecule has 5 nitrogen and oxygen atoms in total. The van der Waals surface area contributed by atoms with Gasteiger partial charge in [0.15, 0.2) is 5.11 Å². The molecule has 2 heterocycles. The number of rotatable bonds is 2. The number of nitrogens with zero attached hydrogens (tertiary/aromatic N) is 1. The highest BCUT2D eigenvalue weighted by Gasteiger charge is 2.59. The van der Waals surface area contributed by atoms with Crippen LogP contribution in [0.2, 0.25) is 0 Å². The van der Waals surface area contributed by atoms with Gasteiger partial charge in [0.05, 0.1) is 13.2 Å². The molecule has 0 saturated carbocycles. The summed E-state index contributed by atoms with van der Waals surface area (Å²) in [5, 5.41) is 3.83. The molecule has 3 unspecified atom stereocenters. The molecule has 2 aliphatic rings. The summed E-state index contributed by atoms with van der Waals surface area (Å²) in [4.78, 5) is 14.6. The number of benzene rings is 2. The molecular weight excluding hydrogens is 416 g/mol. The zero-order valence-electron chi connectivity index (χ0n) is 14.2. The number of ether oxygens (including phenoxy) is 2. The average molecular weight is 433 g/mol. The van der Waals surface area contributed by atoms with Crippen LogP contribution in [0.15, 0.2) is 53.0 Å². The molecule has 1 N–H and O–H groups in total. The number of carbonyl (C=O) groups is 1. The molecule has 2 aromatic rings. The largest absolute Gasteiger partial charge is 0.469 e. The number of esters is 1. The van der Waals surface area contributed by atoms with Gasteiger partial charge < -0.3 is 14.8 Å². The molecule has 2 aromatic carbocycles. The number of para-hydroxylation sites is 1. The van der Waals surface area contributed by atoms with Crippen LogP contribution in [0.1, 0.15) is 18.5 Å². The van der Waals surface area contributed by atoms with E-state index in [0.29, 0.717) is 5.11 Å². The van der Waals surface area contributed by atoms with Crippen LogP contribution in [0.5, 0.6) is 5.75 Å². The minimum atomic E-state index is -1.01. The number of anilines is 1. The van der Waals surface area contributed by atoms with Crippen LogP contribution in [-0.2, 0) is 9.53 Å². The number of thiocarbonyl (C=S) groups is 1. The Hall–Kier alpha value is -2.12. The highest BCUT2D eigenvalue weighted by molar-refractivity contribution is 9.10. The van der Waals surface area contributed by atoms with Crippen molar-refractivity contribution >= 4 is 44.9 Å². The second kappa shape index (κ2) is 6.25. The summed E-state index contributed by atoms with van der Waals surface area (Å²) in [7, 11) is 1.39. The number of hydrogen-bond donors (Lipinski definition) is 1. The Labute approximate surface area is 165 Å². The number of fused-ring (bicyclic) bond motifs is 4. The number of methoxy groups -OCH3 is 1. The Balaban J connectivity index is 1.92. The molecule has 4 rings (SSSR count). The molecule has 2 bridgehead atoms. The van der Waals surface area contributed by atoms with E-state index in [2.05, 4.69) is 21.2 Å². The van der Waals surface area contributed by atoms with Gasteiger partial charge in [0.1, 0.15) is 11.7 Å². The summed E-state index contributed by atoms with van der Waals surface area (Å²) >= 11 is 9.13. The highest BCUT2D eigenvalue weighted by Crippen LogP contribution is 2.50. The first-order valence-electron chi connectivity index (χ1n) is 8.18. The van der Waals surface area contributed by atoms with Gasteiger partial charge in [0, 0.05) is 15.7 Å². The van der Waals surface area contributed by atoms with Crippen molar-refractivity contribution in [3.63, 3.8) is 0 Å². The van der Waals surface area contributed by atoms with E-state index in [1.165, 1.54) is 7.11 Å². The SMILES string of the molecule is COC(=O)C1C2NC(=S)N(c3ccccc3)C1(C)Oc1ccc(Br)cc12. The van der Waals surface area contributed by atoms with Gasteiger partial charge in [0.2, 0.25) is 5.72 Å². The fourth-order valence-corrected chi connectivity index (χ4v) is 4.60. The third-order valence-electron chi connectivity index (χ3n) is 4.93. The smallest absolute Gasteiger partial charge is 0.317 e. The van der Waals surface area contributed by atoms with E-state index in [-0.39, 0.29) is 12.0 Å². The van der Waals surface area contributed by atoms with Crippen LogP contribution in [-0.4, -0.2) is 23.9 Å². The third-order valence-corrected chi connectivity index (χ3v) is 5.72. The summed E-state index contributed by atoms with van der Waals surface area (Å²) in [6.07, 6.45) is 0. The maximum absolute atomic E-state index is 12.7. The fraction of sp³-hybridized carbons (Fsp3) is 0.263. The molecule has 7 heteroatoms. The van der Waals surface area contributed by atoms with Gasteiger partial charge in [-0.25, -0.2) is 0 Å². The minimum Gasteiger partial charge on any atom is -0.469 e. The first-order valence-corrected chi connectivity index (χ1v) is 9.38. The molecule has 0 aromatic heterocycles. The average Bonchev–Trinajstić information content (AvgIpc) is 2.62. The van der Waals surface area contributed by atoms with Crippen molar-refractivity contribution in [3.05, 3.63) is 58.6 Å². The van der Waals surface area contributed by atoms with Crippen molar-refractivity contribution in [1.82, 2.24) is 5.32 Å². The lowest BCUT2D eigenvalue weighted by Gasteiger charge is -2.55. The van der Waals surface area contributed by atoms with Gasteiger partial charge in [-0.15, -0.1) is 0 Å². The van der Waals surface area contributed by atoms with E-state index in [1.807, 2.05) is 60.4 Å². The van der Waals surface area contributed by atoms with Crippen molar-refractivity contribution < 1.29 is 14.3 Å². The first-order chi connectivity index (χ1) is 12.5. The molecular formula is C19H17BrN2O3S. The zero-order chi connectivity index (χ0) is 18.5. The topological polar surface area (TPSA) is 50.8 Å².